The smallest absolute Gasteiger partial charge is 0.342 e. The molecule has 1 aromatic heterocycles. The Bertz CT molecular complexity index is 826. The number of nitrogens with zero attached hydrogens (tertiary/aromatic N) is 2. The summed E-state index contributed by atoms with van der Waals surface area (Å²) in [6, 6.07) is 15.1. The van der Waals surface area contributed by atoms with Crippen molar-refractivity contribution in [3.8, 4) is 22.6 Å². The number of ether oxygens (including phenoxy) is 2. The predicted molar refractivity (Wildman–Crippen MR) is 86.9 cm³/mol. The Morgan fingerprint density at radius 1 is 1.09 bits per heavy atom. The minimum atomic E-state index is -0.429. The van der Waals surface area contributed by atoms with Crippen LogP contribution < -0.4 is 4.74 Å². The lowest BCUT2D eigenvalue weighted by atomic mass is 9.98. The molecule has 1 heterocycles. The van der Waals surface area contributed by atoms with Crippen LogP contribution in [-0.2, 0) is 4.74 Å². The SMILES string of the molecule is COC(=O)c1c(OC)cccc1-c1cccc(-n2cccn2)c1. The molecule has 3 aromatic rings. The minimum Gasteiger partial charge on any atom is -0.496 e. The monoisotopic (exact) mass is 308 g/mol. The van der Waals surface area contributed by atoms with Gasteiger partial charge in [0.1, 0.15) is 11.3 Å². The zero-order valence-corrected chi connectivity index (χ0v) is 12.9. The van der Waals surface area contributed by atoms with Crippen LogP contribution in [0.3, 0.4) is 0 Å². The van der Waals surface area contributed by atoms with Crippen LogP contribution >= 0.6 is 0 Å². The first-order valence-corrected chi connectivity index (χ1v) is 7.10. The van der Waals surface area contributed by atoms with E-state index in [4.69, 9.17) is 9.47 Å². The van der Waals surface area contributed by atoms with Gasteiger partial charge in [-0.15, -0.1) is 0 Å². The summed E-state index contributed by atoms with van der Waals surface area (Å²) in [4.78, 5) is 12.2. The number of methoxy groups -OCH3 is 2. The fraction of sp³-hybridized carbons (Fsp3) is 0.111. The highest BCUT2D eigenvalue weighted by atomic mass is 16.5. The largest absolute Gasteiger partial charge is 0.496 e. The number of rotatable bonds is 4. The summed E-state index contributed by atoms with van der Waals surface area (Å²) in [5.41, 5.74) is 2.96. The van der Waals surface area contributed by atoms with Crippen molar-refractivity contribution in [3.05, 3.63) is 66.5 Å². The number of benzene rings is 2. The second kappa shape index (κ2) is 6.36. The third kappa shape index (κ3) is 2.81. The lowest BCUT2D eigenvalue weighted by molar-refractivity contribution is 0.0598. The Kier molecular flexibility index (Phi) is 4.10. The van der Waals surface area contributed by atoms with Gasteiger partial charge in [-0.25, -0.2) is 9.48 Å². The molecule has 3 rings (SSSR count). The van der Waals surface area contributed by atoms with Gasteiger partial charge in [0.05, 0.1) is 19.9 Å². The zero-order valence-electron chi connectivity index (χ0n) is 12.9. The Morgan fingerprint density at radius 3 is 2.61 bits per heavy atom. The van der Waals surface area contributed by atoms with E-state index in [0.29, 0.717) is 11.3 Å². The van der Waals surface area contributed by atoms with Gasteiger partial charge in [-0.3, -0.25) is 0 Å². The van der Waals surface area contributed by atoms with E-state index in [0.717, 1.165) is 16.8 Å². The van der Waals surface area contributed by atoms with Crippen molar-refractivity contribution in [2.24, 2.45) is 0 Å². The Morgan fingerprint density at radius 2 is 1.91 bits per heavy atom. The highest BCUT2D eigenvalue weighted by Gasteiger charge is 2.19. The maximum Gasteiger partial charge on any atom is 0.342 e. The molecule has 5 heteroatoms. The third-order valence-electron chi connectivity index (χ3n) is 3.56. The highest BCUT2D eigenvalue weighted by molar-refractivity contribution is 6.00. The first kappa shape index (κ1) is 14.8. The van der Waals surface area contributed by atoms with Crippen molar-refractivity contribution in [2.75, 3.05) is 14.2 Å². The number of carbonyl (C=O) groups is 1. The summed E-state index contributed by atoms with van der Waals surface area (Å²) in [5, 5.41) is 4.23. The van der Waals surface area contributed by atoms with Gasteiger partial charge in [0.25, 0.3) is 0 Å². The highest BCUT2D eigenvalue weighted by Crippen LogP contribution is 2.32. The van der Waals surface area contributed by atoms with Crippen molar-refractivity contribution in [2.45, 2.75) is 0 Å². The quantitative estimate of drug-likeness (QED) is 0.694. The predicted octanol–water partition coefficient (Wildman–Crippen LogP) is 3.33. The van der Waals surface area contributed by atoms with Crippen LogP contribution in [0.15, 0.2) is 60.9 Å². The fourth-order valence-corrected chi connectivity index (χ4v) is 2.49. The van der Waals surface area contributed by atoms with Crippen LogP contribution in [0.25, 0.3) is 16.8 Å². The van der Waals surface area contributed by atoms with Crippen molar-refractivity contribution in [3.63, 3.8) is 0 Å². The molecule has 0 bridgehead atoms. The standard InChI is InChI=1S/C18H16N2O3/c1-22-16-9-4-8-15(17(16)18(21)23-2)13-6-3-7-14(12-13)20-11-5-10-19-20/h3-12H,1-2H3. The number of carbonyl (C=O) groups excluding carboxylic acids is 1. The van der Waals surface area contributed by atoms with Gasteiger partial charge in [-0.1, -0.05) is 24.3 Å². The molecule has 116 valence electrons. The normalized spacial score (nSPS) is 10.3. The topological polar surface area (TPSA) is 53.4 Å². The van der Waals surface area contributed by atoms with Gasteiger partial charge in [0, 0.05) is 18.0 Å². The zero-order chi connectivity index (χ0) is 16.2. The molecule has 5 nitrogen and oxygen atoms in total. The van der Waals surface area contributed by atoms with E-state index in [1.165, 1.54) is 14.2 Å². The maximum atomic E-state index is 12.2. The first-order chi connectivity index (χ1) is 11.2. The molecule has 2 aromatic carbocycles. The van der Waals surface area contributed by atoms with Crippen LogP contribution in [0.5, 0.6) is 5.75 Å². The Hall–Kier alpha value is -3.08. The van der Waals surface area contributed by atoms with E-state index in [9.17, 15) is 4.79 Å². The summed E-state index contributed by atoms with van der Waals surface area (Å²) >= 11 is 0. The molecule has 0 saturated carbocycles. The van der Waals surface area contributed by atoms with E-state index in [1.54, 1.807) is 16.9 Å². The molecule has 0 aliphatic heterocycles. The van der Waals surface area contributed by atoms with E-state index < -0.39 is 5.97 Å². The van der Waals surface area contributed by atoms with E-state index in [-0.39, 0.29) is 0 Å². The van der Waals surface area contributed by atoms with Crippen molar-refractivity contribution in [1.29, 1.82) is 0 Å². The molecule has 0 fully saturated rings. The summed E-state index contributed by atoms with van der Waals surface area (Å²) in [6.07, 6.45) is 3.59. The number of aromatic nitrogens is 2. The van der Waals surface area contributed by atoms with Crippen LogP contribution in [-0.4, -0.2) is 30.0 Å². The summed E-state index contributed by atoms with van der Waals surface area (Å²) in [7, 11) is 2.89. The second-order valence-corrected chi connectivity index (χ2v) is 4.88. The molecule has 0 radical (unpaired) electrons. The minimum absolute atomic E-state index is 0.412. The number of hydrogen-bond acceptors (Lipinski definition) is 4. The molecule has 0 unspecified atom stereocenters. The summed E-state index contributed by atoms with van der Waals surface area (Å²) in [5.74, 6) is 0.0563. The molecule has 0 saturated heterocycles. The molecule has 0 aliphatic rings. The van der Waals surface area contributed by atoms with E-state index in [2.05, 4.69) is 5.10 Å². The van der Waals surface area contributed by atoms with Crippen molar-refractivity contribution in [1.82, 2.24) is 9.78 Å². The van der Waals surface area contributed by atoms with Gasteiger partial charge in [0.2, 0.25) is 0 Å². The van der Waals surface area contributed by atoms with Gasteiger partial charge < -0.3 is 9.47 Å². The van der Waals surface area contributed by atoms with Crippen LogP contribution in [0.1, 0.15) is 10.4 Å². The molecule has 0 N–H and O–H groups in total. The van der Waals surface area contributed by atoms with Gasteiger partial charge in [-0.05, 0) is 29.8 Å². The average molecular weight is 308 g/mol. The number of hydrogen-bond donors (Lipinski definition) is 0. The Balaban J connectivity index is 2.16. The molecule has 0 atom stereocenters. The van der Waals surface area contributed by atoms with E-state index >= 15 is 0 Å². The molecule has 23 heavy (non-hydrogen) atoms. The van der Waals surface area contributed by atoms with Crippen molar-refractivity contribution < 1.29 is 14.3 Å². The van der Waals surface area contributed by atoms with Crippen LogP contribution in [0.4, 0.5) is 0 Å². The third-order valence-corrected chi connectivity index (χ3v) is 3.56. The van der Waals surface area contributed by atoms with E-state index in [1.807, 2.05) is 48.7 Å². The second-order valence-electron chi connectivity index (χ2n) is 4.88. The van der Waals surface area contributed by atoms with Gasteiger partial charge in [-0.2, -0.15) is 5.10 Å². The molecule has 0 amide bonds. The first-order valence-electron chi connectivity index (χ1n) is 7.10. The van der Waals surface area contributed by atoms with Gasteiger partial charge in [0.15, 0.2) is 0 Å². The lowest BCUT2D eigenvalue weighted by Gasteiger charge is -2.13. The van der Waals surface area contributed by atoms with Gasteiger partial charge >= 0.3 is 5.97 Å². The summed E-state index contributed by atoms with van der Waals surface area (Å²) < 4.78 is 12.0. The Labute approximate surface area is 134 Å². The lowest BCUT2D eigenvalue weighted by Crippen LogP contribution is -2.06. The summed E-state index contributed by atoms with van der Waals surface area (Å²) in [6.45, 7) is 0. The van der Waals surface area contributed by atoms with Crippen LogP contribution in [0, 0.1) is 0 Å². The molecule has 0 aliphatic carbocycles. The molecular formula is C18H16N2O3. The van der Waals surface area contributed by atoms with Crippen molar-refractivity contribution >= 4 is 5.97 Å². The molecular weight excluding hydrogens is 292 g/mol. The average Bonchev–Trinajstić information content (AvgIpc) is 3.15. The van der Waals surface area contributed by atoms with Crippen LogP contribution in [0.2, 0.25) is 0 Å². The fourth-order valence-electron chi connectivity index (χ4n) is 2.49. The number of esters is 1. The maximum absolute atomic E-state index is 12.2. The molecule has 0 spiro atoms.